The average Bonchev–Trinajstić information content (AvgIpc) is 2.73. The number of halogens is 2. The lowest BCUT2D eigenvalue weighted by Gasteiger charge is -2.26. The van der Waals surface area contributed by atoms with E-state index in [1.807, 2.05) is 12.1 Å². The molecule has 1 aliphatic rings. The first kappa shape index (κ1) is 15.4. The Morgan fingerprint density at radius 1 is 1.15 bits per heavy atom. The molecule has 1 aromatic carbocycles. The van der Waals surface area contributed by atoms with Gasteiger partial charge >= 0.3 is 5.69 Å². The van der Waals surface area contributed by atoms with Gasteiger partial charge in [-0.2, -0.15) is 0 Å². The molecule has 2 heterocycles. The highest BCUT2D eigenvalue weighted by molar-refractivity contribution is 6.31. The van der Waals surface area contributed by atoms with Crippen LogP contribution in [0.4, 0.5) is 0 Å². The van der Waals surface area contributed by atoms with Crippen LogP contribution in [0.2, 0.25) is 5.02 Å². The van der Waals surface area contributed by atoms with E-state index in [1.165, 1.54) is 19.3 Å². The molecule has 0 bridgehead atoms. The van der Waals surface area contributed by atoms with E-state index in [0.29, 0.717) is 5.02 Å². The van der Waals surface area contributed by atoms with Crippen molar-refractivity contribution in [3.05, 3.63) is 33.7 Å². The van der Waals surface area contributed by atoms with Crippen LogP contribution >= 0.6 is 24.0 Å². The highest BCUT2D eigenvalue weighted by atomic mass is 35.5. The van der Waals surface area contributed by atoms with Crippen molar-refractivity contribution < 1.29 is 0 Å². The highest BCUT2D eigenvalue weighted by Gasteiger charge is 2.12. The normalized spacial score (nSPS) is 16.2. The Balaban J connectivity index is 0.00000147. The lowest BCUT2D eigenvalue weighted by atomic mass is 10.1. The summed E-state index contributed by atoms with van der Waals surface area (Å²) >= 11 is 6.01. The molecular weight excluding hydrogens is 297 g/mol. The predicted octanol–water partition coefficient (Wildman–Crippen LogP) is 2.89. The van der Waals surface area contributed by atoms with Gasteiger partial charge in [-0.3, -0.25) is 4.57 Å². The maximum atomic E-state index is 12.0. The lowest BCUT2D eigenvalue weighted by Crippen LogP contribution is -2.34. The Bertz CT molecular complexity index is 629. The molecule has 0 spiro atoms. The fraction of sp³-hybridized carbons (Fsp3) is 0.500. The van der Waals surface area contributed by atoms with Gasteiger partial charge in [-0.1, -0.05) is 18.0 Å². The number of likely N-dealkylation sites (tertiary alicyclic amines) is 1. The minimum absolute atomic E-state index is 0. The van der Waals surface area contributed by atoms with Crippen molar-refractivity contribution in [2.45, 2.75) is 25.8 Å². The van der Waals surface area contributed by atoms with Crippen molar-refractivity contribution in [2.24, 2.45) is 0 Å². The van der Waals surface area contributed by atoms with Gasteiger partial charge in [-0.25, -0.2) is 4.79 Å². The zero-order valence-electron chi connectivity index (χ0n) is 11.3. The number of hydrogen-bond acceptors (Lipinski definition) is 2. The van der Waals surface area contributed by atoms with E-state index in [2.05, 4.69) is 9.88 Å². The minimum Gasteiger partial charge on any atom is -0.306 e. The van der Waals surface area contributed by atoms with Crippen molar-refractivity contribution in [1.29, 1.82) is 0 Å². The summed E-state index contributed by atoms with van der Waals surface area (Å²) < 4.78 is 1.79. The number of nitrogens with one attached hydrogen (secondary N) is 1. The molecule has 2 aromatic rings. The third-order valence-corrected chi connectivity index (χ3v) is 4.06. The van der Waals surface area contributed by atoms with Crippen LogP contribution in [0.1, 0.15) is 19.3 Å². The van der Waals surface area contributed by atoms with Gasteiger partial charge in [0.15, 0.2) is 0 Å². The summed E-state index contributed by atoms with van der Waals surface area (Å²) in [6, 6.07) is 5.51. The van der Waals surface area contributed by atoms with Gasteiger partial charge in [0.1, 0.15) is 0 Å². The fourth-order valence-electron chi connectivity index (χ4n) is 2.77. The van der Waals surface area contributed by atoms with Crippen LogP contribution in [0.3, 0.4) is 0 Å². The Morgan fingerprint density at radius 3 is 2.65 bits per heavy atom. The van der Waals surface area contributed by atoms with E-state index in [1.54, 1.807) is 10.6 Å². The molecule has 0 saturated carbocycles. The molecule has 4 nitrogen and oxygen atoms in total. The predicted molar refractivity (Wildman–Crippen MR) is 85.1 cm³/mol. The summed E-state index contributed by atoms with van der Waals surface area (Å²) in [4.78, 5) is 17.3. The number of benzene rings is 1. The van der Waals surface area contributed by atoms with Gasteiger partial charge in [0.25, 0.3) is 0 Å². The van der Waals surface area contributed by atoms with Crippen molar-refractivity contribution in [3.63, 3.8) is 0 Å². The van der Waals surface area contributed by atoms with E-state index in [9.17, 15) is 4.79 Å². The number of hydrogen-bond donors (Lipinski definition) is 1. The molecule has 0 unspecified atom stereocenters. The fourth-order valence-corrected chi connectivity index (χ4v) is 2.94. The quantitative estimate of drug-likeness (QED) is 0.946. The first-order valence-electron chi connectivity index (χ1n) is 6.84. The smallest absolute Gasteiger partial charge is 0.306 e. The summed E-state index contributed by atoms with van der Waals surface area (Å²) in [5.41, 5.74) is 1.71. The molecule has 0 atom stereocenters. The van der Waals surface area contributed by atoms with Crippen LogP contribution in [0.15, 0.2) is 23.0 Å². The van der Waals surface area contributed by atoms with Gasteiger partial charge in [0.2, 0.25) is 0 Å². The second-order valence-electron chi connectivity index (χ2n) is 5.15. The Kier molecular flexibility index (Phi) is 5.13. The van der Waals surface area contributed by atoms with Crippen LogP contribution in [0, 0.1) is 0 Å². The molecule has 1 saturated heterocycles. The first-order chi connectivity index (χ1) is 9.24. The largest absolute Gasteiger partial charge is 0.326 e. The van der Waals surface area contributed by atoms with Crippen LogP contribution in [-0.4, -0.2) is 34.1 Å². The van der Waals surface area contributed by atoms with Gasteiger partial charge < -0.3 is 9.88 Å². The van der Waals surface area contributed by atoms with E-state index in [0.717, 1.165) is 37.2 Å². The van der Waals surface area contributed by atoms with E-state index in [4.69, 9.17) is 11.6 Å². The molecule has 1 aromatic heterocycles. The van der Waals surface area contributed by atoms with Crippen molar-refractivity contribution in [1.82, 2.24) is 14.5 Å². The summed E-state index contributed by atoms with van der Waals surface area (Å²) in [5, 5.41) is 0.665. The number of nitrogens with zero attached hydrogens (tertiary/aromatic N) is 2. The monoisotopic (exact) mass is 315 g/mol. The number of fused-ring (bicyclic) bond motifs is 1. The van der Waals surface area contributed by atoms with Gasteiger partial charge in [-0.05, 0) is 44.1 Å². The molecular formula is C14H19Cl2N3O. The molecule has 3 rings (SSSR count). The third kappa shape index (κ3) is 3.19. The first-order valence-corrected chi connectivity index (χ1v) is 7.22. The van der Waals surface area contributed by atoms with Gasteiger partial charge in [-0.15, -0.1) is 12.4 Å². The van der Waals surface area contributed by atoms with Crippen LogP contribution in [0.5, 0.6) is 0 Å². The molecule has 0 radical (unpaired) electrons. The minimum atomic E-state index is -0.0470. The maximum absolute atomic E-state index is 12.0. The van der Waals surface area contributed by atoms with Crippen molar-refractivity contribution in [2.75, 3.05) is 19.6 Å². The lowest BCUT2D eigenvalue weighted by molar-refractivity contribution is 0.221. The average molecular weight is 316 g/mol. The van der Waals surface area contributed by atoms with Crippen LogP contribution in [-0.2, 0) is 6.54 Å². The highest BCUT2D eigenvalue weighted by Crippen LogP contribution is 2.17. The second-order valence-corrected chi connectivity index (χ2v) is 5.58. The van der Waals surface area contributed by atoms with Gasteiger partial charge in [0.05, 0.1) is 11.0 Å². The Morgan fingerprint density at radius 2 is 1.90 bits per heavy atom. The van der Waals surface area contributed by atoms with Crippen molar-refractivity contribution in [3.8, 4) is 0 Å². The number of imidazole rings is 1. The Labute approximate surface area is 129 Å². The van der Waals surface area contributed by atoms with E-state index < -0.39 is 0 Å². The SMILES string of the molecule is Cl.O=c1[nH]c2ccc(Cl)cc2n1CCN1CCCCC1. The molecule has 20 heavy (non-hydrogen) atoms. The zero-order valence-corrected chi connectivity index (χ0v) is 12.8. The number of piperidine rings is 1. The topological polar surface area (TPSA) is 41.0 Å². The second kappa shape index (κ2) is 6.66. The van der Waals surface area contributed by atoms with Crippen LogP contribution in [0.25, 0.3) is 11.0 Å². The maximum Gasteiger partial charge on any atom is 0.326 e. The Hall–Kier alpha value is -0.970. The third-order valence-electron chi connectivity index (χ3n) is 3.83. The summed E-state index contributed by atoms with van der Waals surface area (Å²) in [6.45, 7) is 3.95. The molecule has 0 aliphatic carbocycles. The van der Waals surface area contributed by atoms with E-state index in [-0.39, 0.29) is 18.1 Å². The molecule has 0 amide bonds. The molecule has 110 valence electrons. The number of aromatic amines is 1. The summed E-state index contributed by atoms with van der Waals surface area (Å²) in [5.74, 6) is 0. The van der Waals surface area contributed by atoms with E-state index >= 15 is 0 Å². The number of aromatic nitrogens is 2. The number of H-pyrrole nitrogens is 1. The molecule has 1 fully saturated rings. The van der Waals surface area contributed by atoms with Gasteiger partial charge in [0, 0.05) is 18.1 Å². The summed E-state index contributed by atoms with van der Waals surface area (Å²) in [6.07, 6.45) is 3.88. The molecule has 1 aliphatic heterocycles. The van der Waals surface area contributed by atoms with Crippen molar-refractivity contribution >= 4 is 35.0 Å². The molecule has 1 N–H and O–H groups in total. The summed E-state index contributed by atoms with van der Waals surface area (Å²) in [7, 11) is 0. The number of rotatable bonds is 3. The standard InChI is InChI=1S/C14H18ClN3O.ClH/c15-11-4-5-12-13(10-11)18(14(19)16-12)9-8-17-6-2-1-3-7-17;/h4-5,10H,1-3,6-9H2,(H,16,19);1H. The zero-order chi connectivity index (χ0) is 13.2. The molecule has 6 heteroatoms. The van der Waals surface area contributed by atoms with Crippen LogP contribution < -0.4 is 5.69 Å².